The van der Waals surface area contributed by atoms with Crippen molar-refractivity contribution in [1.82, 2.24) is 5.43 Å². The second kappa shape index (κ2) is 10.9. The highest BCUT2D eigenvalue weighted by Crippen LogP contribution is 2.28. The van der Waals surface area contributed by atoms with Gasteiger partial charge in [-0.3, -0.25) is 4.79 Å². The molecule has 1 amide bonds. The first-order chi connectivity index (χ1) is 14.7. The highest BCUT2D eigenvalue weighted by Gasteiger charge is 2.07. The molecular formula is C23H21ClN2O4. The summed E-state index contributed by atoms with van der Waals surface area (Å²) in [5, 5.41) is 4.38. The maximum Gasteiger partial charge on any atom is 0.277 e. The third-order valence-corrected chi connectivity index (χ3v) is 4.34. The SMILES string of the molecule is COc1cc(/C=N\NC(=O)COc2ccccc2Cl)ccc1OCc1ccccc1. The number of para-hydroxylation sites is 1. The van der Waals surface area contributed by atoms with Gasteiger partial charge in [0, 0.05) is 0 Å². The molecule has 0 aliphatic carbocycles. The van der Waals surface area contributed by atoms with Crippen LogP contribution in [0.25, 0.3) is 0 Å². The molecule has 7 heteroatoms. The number of hydrogen-bond donors (Lipinski definition) is 1. The molecule has 0 bridgehead atoms. The Morgan fingerprint density at radius 2 is 1.73 bits per heavy atom. The maximum absolute atomic E-state index is 11.9. The molecule has 0 saturated carbocycles. The van der Waals surface area contributed by atoms with E-state index in [-0.39, 0.29) is 6.61 Å². The van der Waals surface area contributed by atoms with E-state index >= 15 is 0 Å². The molecule has 0 spiro atoms. The van der Waals surface area contributed by atoms with Gasteiger partial charge in [0.25, 0.3) is 5.91 Å². The number of hydrazone groups is 1. The van der Waals surface area contributed by atoms with E-state index in [2.05, 4.69) is 10.5 Å². The van der Waals surface area contributed by atoms with Crippen LogP contribution < -0.4 is 19.6 Å². The van der Waals surface area contributed by atoms with Crippen LogP contribution in [0.15, 0.2) is 77.9 Å². The summed E-state index contributed by atoms with van der Waals surface area (Å²) in [6, 6.07) is 22.2. The number of carbonyl (C=O) groups excluding carboxylic acids is 1. The summed E-state index contributed by atoms with van der Waals surface area (Å²) in [6.45, 7) is 0.239. The Hall–Kier alpha value is -3.51. The number of methoxy groups -OCH3 is 1. The second-order valence-electron chi connectivity index (χ2n) is 6.20. The van der Waals surface area contributed by atoms with Crippen LogP contribution in [0.2, 0.25) is 5.02 Å². The Morgan fingerprint density at radius 1 is 0.967 bits per heavy atom. The molecule has 3 aromatic carbocycles. The number of carbonyl (C=O) groups is 1. The molecule has 0 atom stereocenters. The van der Waals surface area contributed by atoms with Crippen molar-refractivity contribution in [3.05, 3.63) is 88.9 Å². The van der Waals surface area contributed by atoms with Crippen molar-refractivity contribution in [2.24, 2.45) is 5.10 Å². The first-order valence-electron chi connectivity index (χ1n) is 9.19. The normalized spacial score (nSPS) is 10.6. The Kier molecular flexibility index (Phi) is 7.69. The summed E-state index contributed by atoms with van der Waals surface area (Å²) >= 11 is 5.98. The molecule has 0 aliphatic heterocycles. The van der Waals surface area contributed by atoms with Crippen LogP contribution in [0.1, 0.15) is 11.1 Å². The maximum atomic E-state index is 11.9. The van der Waals surface area contributed by atoms with Gasteiger partial charge in [0.05, 0.1) is 18.3 Å². The number of nitrogens with one attached hydrogen (secondary N) is 1. The van der Waals surface area contributed by atoms with Crippen molar-refractivity contribution in [2.45, 2.75) is 6.61 Å². The van der Waals surface area contributed by atoms with Crippen LogP contribution in [0.5, 0.6) is 17.2 Å². The molecule has 30 heavy (non-hydrogen) atoms. The van der Waals surface area contributed by atoms with Crippen LogP contribution in [0.4, 0.5) is 0 Å². The molecule has 1 N–H and O–H groups in total. The van der Waals surface area contributed by atoms with Crippen molar-refractivity contribution in [3.63, 3.8) is 0 Å². The minimum Gasteiger partial charge on any atom is -0.493 e. The summed E-state index contributed by atoms with van der Waals surface area (Å²) in [4.78, 5) is 11.9. The van der Waals surface area contributed by atoms with E-state index in [1.54, 1.807) is 43.5 Å². The summed E-state index contributed by atoms with van der Waals surface area (Å²) < 4.78 is 16.6. The molecular weight excluding hydrogens is 404 g/mol. The topological polar surface area (TPSA) is 69.2 Å². The standard InChI is InChI=1S/C23H21ClN2O4/c1-28-22-13-18(11-12-21(22)29-15-17-7-3-2-4-8-17)14-25-26-23(27)16-30-20-10-6-5-9-19(20)24/h2-14H,15-16H2,1H3,(H,26,27)/b25-14-. The lowest BCUT2D eigenvalue weighted by Gasteiger charge is -2.11. The van der Waals surface area contributed by atoms with E-state index < -0.39 is 5.91 Å². The number of amides is 1. The Bertz CT molecular complexity index is 1010. The molecule has 154 valence electrons. The number of nitrogens with zero attached hydrogens (tertiary/aromatic N) is 1. The molecule has 0 aromatic heterocycles. The van der Waals surface area contributed by atoms with Gasteiger partial charge in [-0.05, 0) is 41.5 Å². The highest BCUT2D eigenvalue weighted by atomic mass is 35.5. The molecule has 0 aliphatic rings. The Morgan fingerprint density at radius 3 is 2.50 bits per heavy atom. The average Bonchev–Trinajstić information content (AvgIpc) is 2.78. The third-order valence-electron chi connectivity index (χ3n) is 4.02. The zero-order chi connectivity index (χ0) is 21.2. The first-order valence-corrected chi connectivity index (χ1v) is 9.57. The quantitative estimate of drug-likeness (QED) is 0.407. The molecule has 0 heterocycles. The van der Waals surface area contributed by atoms with Gasteiger partial charge in [0.1, 0.15) is 12.4 Å². The molecule has 0 unspecified atom stereocenters. The smallest absolute Gasteiger partial charge is 0.277 e. The number of rotatable bonds is 9. The first kappa shape index (κ1) is 21.2. The van der Waals surface area contributed by atoms with Gasteiger partial charge in [-0.15, -0.1) is 0 Å². The Balaban J connectivity index is 1.52. The van der Waals surface area contributed by atoms with Gasteiger partial charge in [-0.1, -0.05) is 54.1 Å². The second-order valence-corrected chi connectivity index (χ2v) is 6.60. The highest BCUT2D eigenvalue weighted by molar-refractivity contribution is 6.32. The molecule has 0 saturated heterocycles. The summed E-state index contributed by atoms with van der Waals surface area (Å²) in [6.07, 6.45) is 1.51. The number of benzene rings is 3. The molecule has 0 fully saturated rings. The monoisotopic (exact) mass is 424 g/mol. The van der Waals surface area contributed by atoms with Gasteiger partial charge in [-0.2, -0.15) is 5.10 Å². The fourth-order valence-electron chi connectivity index (χ4n) is 2.54. The lowest BCUT2D eigenvalue weighted by atomic mass is 10.2. The van der Waals surface area contributed by atoms with Crippen molar-refractivity contribution in [3.8, 4) is 17.2 Å². The van der Waals surface area contributed by atoms with E-state index in [9.17, 15) is 4.79 Å². The van der Waals surface area contributed by atoms with Crippen LogP contribution in [-0.4, -0.2) is 25.8 Å². The van der Waals surface area contributed by atoms with E-state index in [0.717, 1.165) is 11.1 Å². The van der Waals surface area contributed by atoms with Crippen molar-refractivity contribution < 1.29 is 19.0 Å². The Labute approximate surface area is 180 Å². The van der Waals surface area contributed by atoms with Gasteiger partial charge in [0.15, 0.2) is 18.1 Å². The molecule has 0 radical (unpaired) electrons. The van der Waals surface area contributed by atoms with Gasteiger partial charge < -0.3 is 14.2 Å². The van der Waals surface area contributed by atoms with E-state index in [4.69, 9.17) is 25.8 Å². The lowest BCUT2D eigenvalue weighted by Crippen LogP contribution is -2.24. The summed E-state index contributed by atoms with van der Waals surface area (Å²) in [5.41, 5.74) is 4.21. The number of ether oxygens (including phenoxy) is 3. The third kappa shape index (κ3) is 6.25. The van der Waals surface area contributed by atoms with Crippen molar-refractivity contribution in [1.29, 1.82) is 0 Å². The largest absolute Gasteiger partial charge is 0.493 e. The predicted octanol–water partition coefficient (Wildman–Crippen LogP) is 4.46. The molecule has 6 nitrogen and oxygen atoms in total. The molecule has 3 rings (SSSR count). The summed E-state index contributed by atoms with van der Waals surface area (Å²) in [7, 11) is 1.57. The minimum absolute atomic E-state index is 0.198. The average molecular weight is 425 g/mol. The van der Waals surface area contributed by atoms with Gasteiger partial charge >= 0.3 is 0 Å². The van der Waals surface area contributed by atoms with Gasteiger partial charge in [0.2, 0.25) is 0 Å². The van der Waals surface area contributed by atoms with Crippen LogP contribution in [0, 0.1) is 0 Å². The van der Waals surface area contributed by atoms with Crippen LogP contribution >= 0.6 is 11.6 Å². The number of hydrogen-bond acceptors (Lipinski definition) is 5. The van der Waals surface area contributed by atoms with Crippen molar-refractivity contribution in [2.75, 3.05) is 13.7 Å². The zero-order valence-electron chi connectivity index (χ0n) is 16.4. The minimum atomic E-state index is -0.402. The lowest BCUT2D eigenvalue weighted by molar-refractivity contribution is -0.123. The van der Waals surface area contributed by atoms with Gasteiger partial charge in [-0.25, -0.2) is 5.43 Å². The van der Waals surface area contributed by atoms with E-state index in [1.165, 1.54) is 6.21 Å². The predicted molar refractivity (Wildman–Crippen MR) is 116 cm³/mol. The summed E-state index contributed by atoms with van der Waals surface area (Å²) in [5.74, 6) is 1.23. The van der Waals surface area contributed by atoms with Crippen molar-refractivity contribution >= 4 is 23.7 Å². The van der Waals surface area contributed by atoms with Crippen LogP contribution in [-0.2, 0) is 11.4 Å². The zero-order valence-corrected chi connectivity index (χ0v) is 17.1. The van der Waals surface area contributed by atoms with E-state index in [1.807, 2.05) is 36.4 Å². The van der Waals surface area contributed by atoms with Crippen LogP contribution in [0.3, 0.4) is 0 Å². The number of halogens is 1. The fourth-order valence-corrected chi connectivity index (χ4v) is 2.73. The fraction of sp³-hybridized carbons (Fsp3) is 0.130. The van der Waals surface area contributed by atoms with E-state index in [0.29, 0.717) is 28.9 Å². The molecule has 3 aromatic rings.